The van der Waals surface area contributed by atoms with Crippen molar-refractivity contribution in [3.63, 3.8) is 0 Å². The van der Waals surface area contributed by atoms with Crippen LogP contribution in [0.1, 0.15) is 41.6 Å². The zero-order valence-electron chi connectivity index (χ0n) is 15.7. The number of ether oxygens (including phenoxy) is 1. The molecule has 1 aliphatic rings. The molecule has 5 nitrogen and oxygen atoms in total. The van der Waals surface area contributed by atoms with Gasteiger partial charge in [0.15, 0.2) is 0 Å². The van der Waals surface area contributed by atoms with Crippen LogP contribution >= 0.6 is 11.6 Å². The maximum absolute atomic E-state index is 11.3. The summed E-state index contributed by atoms with van der Waals surface area (Å²) in [5.41, 5.74) is 6.73. The first-order valence-corrected chi connectivity index (χ1v) is 9.80. The van der Waals surface area contributed by atoms with Gasteiger partial charge in [0.05, 0.1) is 11.6 Å². The van der Waals surface area contributed by atoms with Gasteiger partial charge in [-0.05, 0) is 74.4 Å². The number of rotatable bonds is 7. The first kappa shape index (κ1) is 19.5. The fraction of sp³-hybridized carbons (Fsp3) is 0.429. The van der Waals surface area contributed by atoms with Gasteiger partial charge in [0.2, 0.25) is 5.91 Å². The Hall–Kier alpha value is -2.27. The molecular weight excluding hydrogens is 362 g/mol. The predicted molar refractivity (Wildman–Crippen MR) is 109 cm³/mol. The van der Waals surface area contributed by atoms with E-state index in [1.807, 2.05) is 31.2 Å². The minimum atomic E-state index is -0.404. The number of anilines is 1. The van der Waals surface area contributed by atoms with Crippen LogP contribution < -0.4 is 15.4 Å². The molecule has 0 spiro atoms. The van der Waals surface area contributed by atoms with Crippen molar-refractivity contribution in [2.75, 3.05) is 24.6 Å². The van der Waals surface area contributed by atoms with E-state index in [4.69, 9.17) is 22.1 Å². The molecule has 1 saturated heterocycles. The van der Waals surface area contributed by atoms with Crippen LogP contribution in [0.3, 0.4) is 0 Å². The van der Waals surface area contributed by atoms with Crippen molar-refractivity contribution < 1.29 is 9.53 Å². The second-order valence-electron chi connectivity index (χ2n) is 7.10. The maximum Gasteiger partial charge on any atom is 0.248 e. The molecule has 3 rings (SSSR count). The van der Waals surface area contributed by atoms with Gasteiger partial charge in [-0.2, -0.15) is 0 Å². The Bertz CT molecular complexity index is 771. The van der Waals surface area contributed by atoms with Crippen molar-refractivity contribution in [1.29, 1.82) is 0 Å². The number of amides is 1. The third-order valence-corrected chi connectivity index (χ3v) is 5.36. The molecule has 1 amide bonds. The van der Waals surface area contributed by atoms with Gasteiger partial charge in [-0.25, -0.2) is 4.98 Å². The number of halogens is 1. The van der Waals surface area contributed by atoms with E-state index < -0.39 is 5.91 Å². The number of primary amides is 1. The van der Waals surface area contributed by atoms with Crippen LogP contribution in [0.5, 0.6) is 5.75 Å². The Morgan fingerprint density at radius 1 is 1.30 bits per heavy atom. The number of hydrogen-bond donors (Lipinski definition) is 1. The molecule has 0 saturated carbocycles. The summed E-state index contributed by atoms with van der Waals surface area (Å²) in [5.74, 6) is 2.13. The fourth-order valence-corrected chi connectivity index (χ4v) is 3.68. The zero-order chi connectivity index (χ0) is 19.2. The van der Waals surface area contributed by atoms with Crippen molar-refractivity contribution in [2.24, 2.45) is 11.7 Å². The molecule has 1 aromatic heterocycles. The third-order valence-electron chi connectivity index (χ3n) is 5.14. The normalized spacial score (nSPS) is 15.0. The Morgan fingerprint density at radius 3 is 2.70 bits per heavy atom. The summed E-state index contributed by atoms with van der Waals surface area (Å²) in [7, 11) is 0. The second-order valence-corrected chi connectivity index (χ2v) is 7.53. The van der Waals surface area contributed by atoms with E-state index in [2.05, 4.69) is 9.88 Å². The number of carbonyl (C=O) groups is 1. The number of benzene rings is 1. The summed E-state index contributed by atoms with van der Waals surface area (Å²) in [6.45, 7) is 4.63. The average Bonchev–Trinajstić information content (AvgIpc) is 2.66. The Labute approximate surface area is 165 Å². The topological polar surface area (TPSA) is 68.4 Å². The number of nitrogens with zero attached hydrogens (tertiary/aromatic N) is 2. The average molecular weight is 388 g/mol. The number of aryl methyl sites for hydroxylation is 1. The molecule has 1 fully saturated rings. The van der Waals surface area contributed by atoms with Gasteiger partial charge in [-0.15, -0.1) is 0 Å². The molecule has 0 unspecified atom stereocenters. The van der Waals surface area contributed by atoms with Crippen LogP contribution in [0.25, 0.3) is 0 Å². The summed E-state index contributed by atoms with van der Waals surface area (Å²) in [6, 6.07) is 9.29. The van der Waals surface area contributed by atoms with E-state index in [1.165, 1.54) is 19.3 Å². The highest BCUT2D eigenvalue weighted by Gasteiger charge is 2.19. The van der Waals surface area contributed by atoms with E-state index in [0.717, 1.165) is 42.6 Å². The van der Waals surface area contributed by atoms with Crippen molar-refractivity contribution >= 4 is 23.3 Å². The predicted octanol–water partition coefficient (Wildman–Crippen LogP) is 4.22. The van der Waals surface area contributed by atoms with E-state index >= 15 is 0 Å². The molecule has 0 bridgehead atoms. The van der Waals surface area contributed by atoms with Gasteiger partial charge in [0, 0.05) is 24.8 Å². The minimum Gasteiger partial charge on any atom is -0.494 e. The number of carbonyl (C=O) groups excluding carboxylic acids is 1. The number of aromatic nitrogens is 1. The highest BCUT2D eigenvalue weighted by atomic mass is 35.5. The van der Waals surface area contributed by atoms with Crippen molar-refractivity contribution in [3.05, 3.63) is 52.7 Å². The number of hydrogen-bond acceptors (Lipinski definition) is 4. The summed E-state index contributed by atoms with van der Waals surface area (Å²) < 4.78 is 5.83. The van der Waals surface area contributed by atoms with E-state index in [0.29, 0.717) is 17.2 Å². The molecule has 0 aliphatic carbocycles. The minimum absolute atomic E-state index is 0.404. The molecule has 27 heavy (non-hydrogen) atoms. The number of nitrogens with two attached hydrogens (primary N) is 1. The molecular formula is C21H26ClN3O2. The Balaban J connectivity index is 1.37. The van der Waals surface area contributed by atoms with Gasteiger partial charge >= 0.3 is 0 Å². The molecule has 1 aliphatic heterocycles. The van der Waals surface area contributed by atoms with Crippen LogP contribution in [0.2, 0.25) is 5.02 Å². The Morgan fingerprint density at radius 2 is 2.07 bits per heavy atom. The lowest BCUT2D eigenvalue weighted by Gasteiger charge is -2.32. The van der Waals surface area contributed by atoms with Crippen molar-refractivity contribution in [1.82, 2.24) is 4.98 Å². The quantitative estimate of drug-likeness (QED) is 0.722. The van der Waals surface area contributed by atoms with Crippen LogP contribution in [0.4, 0.5) is 5.82 Å². The van der Waals surface area contributed by atoms with Crippen LogP contribution in [-0.4, -0.2) is 30.6 Å². The first-order chi connectivity index (χ1) is 13.0. The molecule has 1 aromatic carbocycles. The Kier molecular flexibility index (Phi) is 6.56. The van der Waals surface area contributed by atoms with E-state index in [9.17, 15) is 4.79 Å². The summed E-state index contributed by atoms with van der Waals surface area (Å²) in [6.07, 6.45) is 6.26. The van der Waals surface area contributed by atoms with Gasteiger partial charge in [-0.3, -0.25) is 4.79 Å². The lowest BCUT2D eigenvalue weighted by atomic mass is 9.92. The molecule has 2 N–H and O–H groups in total. The van der Waals surface area contributed by atoms with Gasteiger partial charge in [0.25, 0.3) is 0 Å². The second kappa shape index (κ2) is 9.09. The van der Waals surface area contributed by atoms with Crippen molar-refractivity contribution in [2.45, 2.75) is 32.6 Å². The van der Waals surface area contributed by atoms with E-state index in [1.54, 1.807) is 12.3 Å². The SMILES string of the molecule is Cc1cc(OCCCC2CCN(c3ccc(Cl)cn3)CC2)ccc1C(N)=O. The smallest absolute Gasteiger partial charge is 0.248 e. The zero-order valence-corrected chi connectivity index (χ0v) is 16.4. The first-order valence-electron chi connectivity index (χ1n) is 9.42. The highest BCUT2D eigenvalue weighted by Crippen LogP contribution is 2.26. The molecule has 6 heteroatoms. The van der Waals surface area contributed by atoms with Crippen LogP contribution in [0, 0.1) is 12.8 Å². The van der Waals surface area contributed by atoms with Crippen molar-refractivity contribution in [3.8, 4) is 5.75 Å². The van der Waals surface area contributed by atoms with Gasteiger partial charge < -0.3 is 15.4 Å². The van der Waals surface area contributed by atoms with Crippen LogP contribution in [-0.2, 0) is 0 Å². The molecule has 2 heterocycles. The summed E-state index contributed by atoms with van der Waals surface area (Å²) in [4.78, 5) is 18.0. The van der Waals surface area contributed by atoms with Crippen LogP contribution in [0.15, 0.2) is 36.5 Å². The molecule has 0 atom stereocenters. The molecule has 2 aromatic rings. The molecule has 144 valence electrons. The fourth-order valence-electron chi connectivity index (χ4n) is 3.57. The monoisotopic (exact) mass is 387 g/mol. The third kappa shape index (κ3) is 5.36. The summed E-state index contributed by atoms with van der Waals surface area (Å²) in [5, 5.41) is 0.674. The van der Waals surface area contributed by atoms with Gasteiger partial charge in [-0.1, -0.05) is 11.6 Å². The lowest BCUT2D eigenvalue weighted by molar-refractivity contribution is 0.0999. The lowest BCUT2D eigenvalue weighted by Crippen LogP contribution is -2.34. The van der Waals surface area contributed by atoms with E-state index in [-0.39, 0.29) is 0 Å². The van der Waals surface area contributed by atoms with Gasteiger partial charge in [0.1, 0.15) is 11.6 Å². The molecule has 0 radical (unpaired) electrons. The largest absolute Gasteiger partial charge is 0.494 e. The standard InChI is InChI=1S/C21H26ClN3O2/c1-15-13-18(5-6-19(15)21(23)26)27-12-2-3-16-8-10-25(11-9-16)20-7-4-17(22)14-24-20/h4-7,13-14,16H,2-3,8-12H2,1H3,(H2,23,26). The number of pyridine rings is 1. The summed E-state index contributed by atoms with van der Waals surface area (Å²) >= 11 is 5.91. The highest BCUT2D eigenvalue weighted by molar-refractivity contribution is 6.30. The number of piperidine rings is 1. The maximum atomic E-state index is 11.3.